The highest BCUT2D eigenvalue weighted by atomic mass is 35.5. The summed E-state index contributed by atoms with van der Waals surface area (Å²) in [6.07, 6.45) is 5.43. The third-order valence-electron chi connectivity index (χ3n) is 1.45. The van der Waals surface area contributed by atoms with Crippen molar-refractivity contribution in [3.63, 3.8) is 0 Å². The minimum Gasteiger partial charge on any atom is -0.233 e. The molecule has 2 nitrogen and oxygen atoms in total. The predicted molar refractivity (Wildman–Crippen MR) is 44.4 cm³/mol. The van der Waals surface area contributed by atoms with Gasteiger partial charge in [-0.2, -0.15) is 4.57 Å². The molecule has 0 aromatic carbocycles. The third-order valence-corrected chi connectivity index (χ3v) is 1.64. The van der Waals surface area contributed by atoms with Gasteiger partial charge in [0.1, 0.15) is 0 Å². The molecule has 3 heteroatoms. The largest absolute Gasteiger partial charge is 0.233 e. The van der Waals surface area contributed by atoms with Crippen LogP contribution in [0.15, 0.2) is 18.6 Å². The quantitative estimate of drug-likeness (QED) is 0.544. The van der Waals surface area contributed by atoms with Gasteiger partial charge in [0.25, 0.3) is 0 Å². The van der Waals surface area contributed by atoms with E-state index in [1.807, 2.05) is 17.0 Å². The summed E-state index contributed by atoms with van der Waals surface area (Å²) in [5.41, 5.74) is 0.0760. The Morgan fingerprint density at radius 2 is 2.09 bits per heavy atom. The molecule has 0 radical (unpaired) electrons. The molecule has 0 aliphatic rings. The molecule has 0 N–H and O–H groups in total. The monoisotopic (exact) mass is 171 g/mol. The van der Waals surface area contributed by atoms with Gasteiger partial charge in [-0.3, -0.25) is 0 Å². The molecule has 0 saturated carbocycles. The number of hydrogen-bond donors (Lipinski definition) is 0. The first-order chi connectivity index (χ1) is 5.00. The van der Waals surface area contributed by atoms with Crippen LogP contribution < -0.4 is 4.57 Å². The molecule has 1 rings (SSSR count). The van der Waals surface area contributed by atoms with Crippen LogP contribution in [0.1, 0.15) is 20.8 Å². The fourth-order valence-corrected chi connectivity index (χ4v) is 0.946. The van der Waals surface area contributed by atoms with Gasteiger partial charge in [0, 0.05) is 20.8 Å². The lowest BCUT2D eigenvalue weighted by atomic mass is 10.1. The van der Waals surface area contributed by atoms with E-state index in [-0.39, 0.29) is 5.54 Å². The maximum absolute atomic E-state index is 5.72. The second-order valence-corrected chi connectivity index (χ2v) is 3.84. The third kappa shape index (κ3) is 2.15. The molecule has 0 fully saturated rings. The van der Waals surface area contributed by atoms with Gasteiger partial charge >= 0.3 is 0 Å². The Hall–Kier alpha value is -0.630. The first kappa shape index (κ1) is 8.47. The average Bonchev–Trinajstić information content (AvgIpc) is 1.86. The second kappa shape index (κ2) is 2.78. The maximum atomic E-state index is 5.72. The van der Waals surface area contributed by atoms with Crippen molar-refractivity contribution in [2.24, 2.45) is 0 Å². The molecule has 0 aliphatic heterocycles. The van der Waals surface area contributed by atoms with Crippen LogP contribution in [0.3, 0.4) is 0 Å². The Bertz CT molecular complexity index is 253. The molecule has 0 atom stereocenters. The fraction of sp³-hybridized carbons (Fsp3) is 0.500. The van der Waals surface area contributed by atoms with Crippen molar-refractivity contribution in [2.75, 3.05) is 0 Å². The van der Waals surface area contributed by atoms with Crippen LogP contribution in [-0.2, 0) is 5.54 Å². The minimum absolute atomic E-state index is 0.0760. The zero-order valence-electron chi connectivity index (χ0n) is 7.00. The Morgan fingerprint density at radius 1 is 1.45 bits per heavy atom. The fourth-order valence-electron chi connectivity index (χ4n) is 0.785. The smallest absolute Gasteiger partial charge is 0.206 e. The highest BCUT2D eigenvalue weighted by molar-refractivity contribution is 6.29. The van der Waals surface area contributed by atoms with E-state index >= 15 is 0 Å². The van der Waals surface area contributed by atoms with E-state index in [0.29, 0.717) is 5.15 Å². The van der Waals surface area contributed by atoms with Gasteiger partial charge in [0.05, 0.1) is 6.20 Å². The van der Waals surface area contributed by atoms with Gasteiger partial charge in [-0.05, 0) is 0 Å². The van der Waals surface area contributed by atoms with E-state index in [1.54, 1.807) is 6.20 Å². The van der Waals surface area contributed by atoms with E-state index in [2.05, 4.69) is 25.8 Å². The van der Waals surface area contributed by atoms with Gasteiger partial charge in [0.2, 0.25) is 6.20 Å². The van der Waals surface area contributed by atoms with E-state index in [4.69, 9.17) is 11.6 Å². The topological polar surface area (TPSA) is 16.8 Å². The summed E-state index contributed by atoms with van der Waals surface area (Å²) in [7, 11) is 0. The molecular weight excluding hydrogens is 160 g/mol. The average molecular weight is 172 g/mol. The molecule has 1 aromatic heterocycles. The maximum Gasteiger partial charge on any atom is 0.206 e. The van der Waals surface area contributed by atoms with Crippen molar-refractivity contribution >= 4 is 11.6 Å². The van der Waals surface area contributed by atoms with Crippen LogP contribution in [0.5, 0.6) is 0 Å². The minimum atomic E-state index is 0.0760. The molecule has 0 spiro atoms. The first-order valence-corrected chi connectivity index (χ1v) is 3.91. The van der Waals surface area contributed by atoms with Crippen molar-refractivity contribution in [2.45, 2.75) is 26.3 Å². The molecule has 0 bridgehead atoms. The molecule has 1 heterocycles. The van der Waals surface area contributed by atoms with Crippen LogP contribution in [0.2, 0.25) is 5.15 Å². The SMILES string of the molecule is CC(C)(C)[n+]1ccnc(Cl)c1. The second-order valence-electron chi connectivity index (χ2n) is 3.46. The molecule has 0 unspecified atom stereocenters. The van der Waals surface area contributed by atoms with Crippen LogP contribution in [0.4, 0.5) is 0 Å². The molecule has 0 saturated heterocycles. The van der Waals surface area contributed by atoms with Gasteiger partial charge in [-0.1, -0.05) is 11.6 Å². The van der Waals surface area contributed by atoms with E-state index < -0.39 is 0 Å². The molecule has 11 heavy (non-hydrogen) atoms. The normalized spacial score (nSPS) is 11.6. The van der Waals surface area contributed by atoms with Crippen molar-refractivity contribution in [3.05, 3.63) is 23.7 Å². The van der Waals surface area contributed by atoms with Gasteiger partial charge in [-0.25, -0.2) is 4.98 Å². The highest BCUT2D eigenvalue weighted by Gasteiger charge is 2.20. The van der Waals surface area contributed by atoms with Gasteiger partial charge in [-0.15, -0.1) is 0 Å². The number of aromatic nitrogens is 2. The summed E-state index contributed by atoms with van der Waals surface area (Å²) < 4.78 is 2.03. The van der Waals surface area contributed by atoms with Crippen molar-refractivity contribution in [3.8, 4) is 0 Å². The molecule has 0 aliphatic carbocycles. The van der Waals surface area contributed by atoms with Crippen LogP contribution in [0, 0.1) is 0 Å². The molecule has 0 amide bonds. The Morgan fingerprint density at radius 3 is 2.45 bits per heavy atom. The number of halogens is 1. The highest BCUT2D eigenvalue weighted by Crippen LogP contribution is 2.05. The number of rotatable bonds is 0. The summed E-state index contributed by atoms with van der Waals surface area (Å²) in [4.78, 5) is 3.90. The van der Waals surface area contributed by atoms with E-state index in [0.717, 1.165) is 0 Å². The standard InChI is InChI=1S/C8H12ClN2/c1-8(2,3)11-5-4-10-7(9)6-11/h4-6H,1-3H3/q+1. The molecule has 1 aromatic rings. The molecular formula is C8H12ClN2+. The summed E-state index contributed by atoms with van der Waals surface area (Å²) in [5.74, 6) is 0. The lowest BCUT2D eigenvalue weighted by molar-refractivity contribution is -0.754. The lowest BCUT2D eigenvalue weighted by Crippen LogP contribution is -2.49. The Kier molecular flexibility index (Phi) is 2.14. The van der Waals surface area contributed by atoms with Crippen molar-refractivity contribution in [1.29, 1.82) is 0 Å². The zero-order valence-corrected chi connectivity index (χ0v) is 7.76. The summed E-state index contributed by atoms with van der Waals surface area (Å²) in [6.45, 7) is 6.34. The van der Waals surface area contributed by atoms with Gasteiger partial charge in [0.15, 0.2) is 16.9 Å². The van der Waals surface area contributed by atoms with Crippen LogP contribution >= 0.6 is 11.6 Å². The van der Waals surface area contributed by atoms with Crippen molar-refractivity contribution < 1.29 is 4.57 Å². The van der Waals surface area contributed by atoms with E-state index in [9.17, 15) is 0 Å². The summed E-state index contributed by atoms with van der Waals surface area (Å²) in [6, 6.07) is 0. The lowest BCUT2D eigenvalue weighted by Gasteiger charge is -2.11. The van der Waals surface area contributed by atoms with Gasteiger partial charge < -0.3 is 0 Å². The first-order valence-electron chi connectivity index (χ1n) is 3.53. The Balaban J connectivity index is 3.06. The number of nitrogens with zero attached hydrogens (tertiary/aromatic N) is 2. The summed E-state index contributed by atoms with van der Waals surface area (Å²) >= 11 is 5.72. The van der Waals surface area contributed by atoms with Crippen LogP contribution in [-0.4, -0.2) is 4.98 Å². The predicted octanol–water partition coefficient (Wildman–Crippen LogP) is 1.78. The zero-order chi connectivity index (χ0) is 8.48. The Labute approximate surface area is 71.8 Å². The van der Waals surface area contributed by atoms with E-state index in [1.165, 1.54) is 0 Å². The summed E-state index contributed by atoms with van der Waals surface area (Å²) in [5, 5.41) is 0.530. The molecule has 60 valence electrons. The number of hydrogen-bond acceptors (Lipinski definition) is 1. The van der Waals surface area contributed by atoms with Crippen molar-refractivity contribution in [1.82, 2.24) is 4.98 Å². The van der Waals surface area contributed by atoms with Crippen LogP contribution in [0.25, 0.3) is 0 Å².